The van der Waals surface area contributed by atoms with Gasteiger partial charge in [-0.25, -0.2) is 0 Å². The molecule has 2 heteroatoms. The Morgan fingerprint density at radius 2 is 1.67 bits per heavy atom. The van der Waals surface area contributed by atoms with Crippen LogP contribution in [0.5, 0.6) is 0 Å². The van der Waals surface area contributed by atoms with Gasteiger partial charge in [0.1, 0.15) is 0 Å². The van der Waals surface area contributed by atoms with E-state index in [9.17, 15) is 4.79 Å². The number of carbonyl (C=O) groups is 1. The van der Waals surface area contributed by atoms with Crippen LogP contribution in [0.1, 0.15) is 25.5 Å². The van der Waals surface area contributed by atoms with Gasteiger partial charge in [0.2, 0.25) is 0 Å². The van der Waals surface area contributed by atoms with Crippen LogP contribution in [0, 0.1) is 5.92 Å². The molecular weight excluding hydrogens is 186 g/mol. The molecule has 0 amide bonds. The van der Waals surface area contributed by atoms with Gasteiger partial charge >= 0.3 is 0 Å². The molecule has 15 heavy (non-hydrogen) atoms. The molecule has 82 valence electrons. The second-order valence-corrected chi connectivity index (χ2v) is 4.33. The van der Waals surface area contributed by atoms with Gasteiger partial charge in [-0.3, -0.25) is 9.69 Å². The highest BCUT2D eigenvalue weighted by atomic mass is 16.1. The minimum atomic E-state index is -0.119. The van der Waals surface area contributed by atoms with Crippen LogP contribution in [0.3, 0.4) is 0 Å². The fraction of sp³-hybridized carbons (Fsp3) is 0.462. The fourth-order valence-electron chi connectivity index (χ4n) is 1.67. The highest BCUT2D eigenvalue weighted by Gasteiger charge is 2.24. The van der Waals surface area contributed by atoms with E-state index in [2.05, 4.69) is 0 Å². The van der Waals surface area contributed by atoms with Crippen molar-refractivity contribution >= 4 is 5.78 Å². The average molecular weight is 205 g/mol. The fourth-order valence-corrected chi connectivity index (χ4v) is 1.67. The normalized spacial score (nSPS) is 13.2. The molecule has 0 radical (unpaired) electrons. The predicted octanol–water partition coefficient (Wildman–Crippen LogP) is 2.51. The van der Waals surface area contributed by atoms with Crippen molar-refractivity contribution < 1.29 is 4.79 Å². The van der Waals surface area contributed by atoms with Crippen molar-refractivity contribution in [2.24, 2.45) is 5.92 Å². The topological polar surface area (TPSA) is 20.3 Å². The van der Waals surface area contributed by atoms with E-state index in [1.54, 1.807) is 0 Å². The van der Waals surface area contributed by atoms with Crippen LogP contribution in [0.25, 0.3) is 0 Å². The van der Waals surface area contributed by atoms with Crippen molar-refractivity contribution in [2.75, 3.05) is 14.1 Å². The van der Waals surface area contributed by atoms with Gasteiger partial charge in [0.25, 0.3) is 0 Å². The molecule has 0 fully saturated rings. The van der Waals surface area contributed by atoms with E-state index in [0.717, 1.165) is 5.56 Å². The van der Waals surface area contributed by atoms with Gasteiger partial charge in [-0.15, -0.1) is 0 Å². The molecule has 0 saturated carbocycles. The molecule has 0 aliphatic heterocycles. The van der Waals surface area contributed by atoms with Crippen LogP contribution in [0.2, 0.25) is 0 Å². The minimum Gasteiger partial charge on any atom is -0.297 e. The number of likely N-dealkylation sites (N-methyl/N-ethyl adjacent to an activating group) is 1. The zero-order valence-corrected chi connectivity index (χ0v) is 9.90. The third-order valence-corrected chi connectivity index (χ3v) is 2.47. The number of benzene rings is 1. The van der Waals surface area contributed by atoms with Gasteiger partial charge in [0.05, 0.1) is 6.04 Å². The predicted molar refractivity (Wildman–Crippen MR) is 62.7 cm³/mol. The molecular formula is C13H19NO. The van der Waals surface area contributed by atoms with Crippen molar-refractivity contribution in [2.45, 2.75) is 19.9 Å². The molecule has 0 bridgehead atoms. The summed E-state index contributed by atoms with van der Waals surface area (Å²) in [6.07, 6.45) is 0. The molecule has 0 N–H and O–H groups in total. The number of ketones is 1. The highest BCUT2D eigenvalue weighted by Crippen LogP contribution is 2.22. The van der Waals surface area contributed by atoms with E-state index in [1.165, 1.54) is 0 Å². The smallest absolute Gasteiger partial charge is 0.156 e. The summed E-state index contributed by atoms with van der Waals surface area (Å²) in [5.41, 5.74) is 1.07. The van der Waals surface area contributed by atoms with E-state index >= 15 is 0 Å². The third kappa shape index (κ3) is 2.90. The lowest BCUT2D eigenvalue weighted by atomic mass is 9.95. The van der Waals surface area contributed by atoms with Gasteiger partial charge < -0.3 is 0 Å². The van der Waals surface area contributed by atoms with Crippen molar-refractivity contribution in [3.63, 3.8) is 0 Å². The summed E-state index contributed by atoms with van der Waals surface area (Å²) in [7, 11) is 3.88. The largest absolute Gasteiger partial charge is 0.297 e. The second kappa shape index (κ2) is 5.08. The van der Waals surface area contributed by atoms with Crippen LogP contribution in [-0.2, 0) is 4.79 Å². The van der Waals surface area contributed by atoms with E-state index in [1.807, 2.05) is 63.2 Å². The second-order valence-electron chi connectivity index (χ2n) is 4.33. The summed E-state index contributed by atoms with van der Waals surface area (Å²) < 4.78 is 0. The van der Waals surface area contributed by atoms with Gasteiger partial charge in [0, 0.05) is 5.92 Å². The Bertz CT molecular complexity index is 317. The van der Waals surface area contributed by atoms with Gasteiger partial charge in [0.15, 0.2) is 5.78 Å². The lowest BCUT2D eigenvalue weighted by Crippen LogP contribution is -2.30. The molecule has 1 atom stereocenters. The molecule has 0 saturated heterocycles. The van der Waals surface area contributed by atoms with Crippen LogP contribution >= 0.6 is 0 Å². The number of rotatable bonds is 4. The van der Waals surface area contributed by atoms with E-state index in [4.69, 9.17) is 0 Å². The molecule has 1 aromatic rings. The number of Topliss-reactive ketones (excluding diaryl/α,β-unsaturated/α-hetero) is 1. The van der Waals surface area contributed by atoms with Gasteiger partial charge in [-0.2, -0.15) is 0 Å². The Labute approximate surface area is 91.9 Å². The maximum Gasteiger partial charge on any atom is 0.156 e. The summed E-state index contributed by atoms with van der Waals surface area (Å²) in [5.74, 6) is 0.337. The van der Waals surface area contributed by atoms with Crippen molar-refractivity contribution in [3.8, 4) is 0 Å². The number of hydrogen-bond donors (Lipinski definition) is 0. The number of nitrogens with zero attached hydrogens (tertiary/aromatic N) is 1. The Morgan fingerprint density at radius 1 is 1.13 bits per heavy atom. The Morgan fingerprint density at radius 3 is 2.07 bits per heavy atom. The Hall–Kier alpha value is -1.15. The van der Waals surface area contributed by atoms with Crippen LogP contribution < -0.4 is 0 Å². The monoisotopic (exact) mass is 205 g/mol. The summed E-state index contributed by atoms with van der Waals surface area (Å²) in [6, 6.07) is 9.80. The van der Waals surface area contributed by atoms with Crippen molar-refractivity contribution in [1.82, 2.24) is 4.90 Å². The van der Waals surface area contributed by atoms with E-state index < -0.39 is 0 Å². The summed E-state index contributed by atoms with van der Waals surface area (Å²) in [5, 5.41) is 0. The average Bonchev–Trinajstić information content (AvgIpc) is 2.18. The van der Waals surface area contributed by atoms with Crippen LogP contribution in [0.15, 0.2) is 30.3 Å². The molecule has 0 unspecified atom stereocenters. The SMILES string of the molecule is CC(C)C(=O)[C@@H](c1ccccc1)N(C)C. The lowest BCUT2D eigenvalue weighted by Gasteiger charge is -2.25. The first-order chi connectivity index (χ1) is 7.04. The number of carbonyl (C=O) groups excluding carboxylic acids is 1. The van der Waals surface area contributed by atoms with Gasteiger partial charge in [-0.1, -0.05) is 44.2 Å². The Balaban J connectivity index is 2.99. The molecule has 0 spiro atoms. The molecule has 2 nitrogen and oxygen atoms in total. The molecule has 0 heterocycles. The summed E-state index contributed by atoms with van der Waals surface area (Å²) in [6.45, 7) is 3.89. The molecule has 1 rings (SSSR count). The van der Waals surface area contributed by atoms with Gasteiger partial charge in [-0.05, 0) is 19.7 Å². The Kier molecular flexibility index (Phi) is 4.04. The lowest BCUT2D eigenvalue weighted by molar-refractivity contribution is -0.126. The zero-order valence-electron chi connectivity index (χ0n) is 9.90. The molecule has 0 aromatic heterocycles. The summed E-state index contributed by atoms with van der Waals surface area (Å²) in [4.78, 5) is 14.0. The quantitative estimate of drug-likeness (QED) is 0.752. The number of hydrogen-bond acceptors (Lipinski definition) is 2. The molecule has 0 aliphatic rings. The maximum atomic E-state index is 12.0. The van der Waals surface area contributed by atoms with Crippen LogP contribution in [0.4, 0.5) is 0 Å². The standard InChI is InChI=1S/C13H19NO/c1-10(2)13(15)12(14(3)4)11-8-6-5-7-9-11/h5-10,12H,1-4H3/t12-/m1/s1. The zero-order chi connectivity index (χ0) is 11.4. The van der Waals surface area contributed by atoms with Crippen molar-refractivity contribution in [1.29, 1.82) is 0 Å². The minimum absolute atomic E-state index is 0.0672. The first-order valence-electron chi connectivity index (χ1n) is 5.29. The van der Waals surface area contributed by atoms with E-state index in [-0.39, 0.29) is 17.7 Å². The summed E-state index contributed by atoms with van der Waals surface area (Å²) >= 11 is 0. The van der Waals surface area contributed by atoms with Crippen molar-refractivity contribution in [3.05, 3.63) is 35.9 Å². The first-order valence-corrected chi connectivity index (χ1v) is 5.29. The highest BCUT2D eigenvalue weighted by molar-refractivity contribution is 5.86. The van der Waals surface area contributed by atoms with Crippen LogP contribution in [-0.4, -0.2) is 24.8 Å². The third-order valence-electron chi connectivity index (χ3n) is 2.47. The molecule has 0 aliphatic carbocycles. The molecule has 1 aromatic carbocycles. The first kappa shape index (κ1) is 11.9. The van der Waals surface area contributed by atoms with E-state index in [0.29, 0.717) is 0 Å². The maximum absolute atomic E-state index is 12.0.